The highest BCUT2D eigenvalue weighted by Crippen LogP contribution is 2.43. The molecule has 3 aliphatic rings. The van der Waals surface area contributed by atoms with Gasteiger partial charge in [-0.2, -0.15) is 8.61 Å². The molecular formula is C36H50N6O6S2. The number of rotatable bonds is 6. The van der Waals surface area contributed by atoms with Gasteiger partial charge in [0.2, 0.25) is 11.8 Å². The summed E-state index contributed by atoms with van der Waals surface area (Å²) >= 11 is 0. The van der Waals surface area contributed by atoms with E-state index >= 15 is 0 Å². The summed E-state index contributed by atoms with van der Waals surface area (Å²) in [5.41, 5.74) is -3.67. The summed E-state index contributed by atoms with van der Waals surface area (Å²) in [6.45, 7) is 19.8. The van der Waals surface area contributed by atoms with Crippen molar-refractivity contribution < 1.29 is 26.4 Å². The van der Waals surface area contributed by atoms with Crippen molar-refractivity contribution >= 4 is 43.5 Å². The second-order valence-corrected chi connectivity index (χ2v) is 20.0. The third-order valence-electron chi connectivity index (χ3n) is 9.29. The van der Waals surface area contributed by atoms with Crippen LogP contribution in [0.2, 0.25) is 0 Å². The van der Waals surface area contributed by atoms with Gasteiger partial charge < -0.3 is 0 Å². The first-order chi connectivity index (χ1) is 22.9. The Kier molecular flexibility index (Phi) is 9.55. The van der Waals surface area contributed by atoms with Gasteiger partial charge in [-0.1, -0.05) is 36.4 Å². The Morgan fingerprint density at radius 3 is 1.10 bits per heavy atom. The smallest absolute Gasteiger partial charge is 0.271 e. The topological polar surface area (TPSA) is 140 Å². The van der Waals surface area contributed by atoms with Crippen LogP contribution in [0.5, 0.6) is 0 Å². The Bertz CT molecular complexity index is 1780. The van der Waals surface area contributed by atoms with Crippen LogP contribution in [-0.4, -0.2) is 108 Å². The first-order valence-electron chi connectivity index (χ1n) is 16.9. The lowest BCUT2D eigenvalue weighted by Crippen LogP contribution is -2.60. The fourth-order valence-electron chi connectivity index (χ4n) is 7.09. The maximum absolute atomic E-state index is 14.1. The number of benzene rings is 2. The van der Waals surface area contributed by atoms with E-state index in [1.807, 2.05) is 41.5 Å². The number of aliphatic imine (C=N–C) groups is 2. The lowest BCUT2D eigenvalue weighted by molar-refractivity contribution is -0.133. The van der Waals surface area contributed by atoms with E-state index in [1.54, 1.807) is 64.1 Å². The minimum atomic E-state index is -4.26. The molecule has 2 aromatic rings. The van der Waals surface area contributed by atoms with Crippen LogP contribution in [0.15, 0.2) is 80.4 Å². The molecule has 5 rings (SSSR count). The normalized spacial score (nSPS) is 25.6. The number of nitrogens with zero attached hydrogens (tertiary/aromatic N) is 6. The van der Waals surface area contributed by atoms with E-state index in [2.05, 4.69) is 9.80 Å². The van der Waals surface area contributed by atoms with Crippen LogP contribution in [0.3, 0.4) is 0 Å². The third kappa shape index (κ3) is 6.67. The Hall–Kier alpha value is -3.46. The summed E-state index contributed by atoms with van der Waals surface area (Å²) in [6, 6.07) is 14.5. The highest BCUT2D eigenvalue weighted by molar-refractivity contribution is 7.90. The first kappa shape index (κ1) is 37.8. The molecule has 2 aromatic carbocycles. The van der Waals surface area contributed by atoms with Crippen molar-refractivity contribution in [1.82, 2.24) is 18.4 Å². The van der Waals surface area contributed by atoms with Gasteiger partial charge in [0, 0.05) is 26.2 Å². The van der Waals surface area contributed by atoms with Crippen LogP contribution < -0.4 is 0 Å². The quantitative estimate of drug-likeness (QED) is 0.431. The summed E-state index contributed by atoms with van der Waals surface area (Å²) in [7, 11) is -8.53. The van der Waals surface area contributed by atoms with Crippen molar-refractivity contribution in [2.45, 2.75) is 102 Å². The molecule has 3 saturated heterocycles. The zero-order chi connectivity index (χ0) is 37.2. The van der Waals surface area contributed by atoms with Gasteiger partial charge in [-0.05, 0) is 93.5 Å². The number of piperazine rings is 1. The van der Waals surface area contributed by atoms with Crippen LogP contribution in [0.1, 0.15) is 69.2 Å². The largest absolute Gasteiger partial charge is 0.290 e. The number of amides is 2. The summed E-state index contributed by atoms with van der Waals surface area (Å²) in [4.78, 5) is 42.2. The molecule has 2 unspecified atom stereocenters. The van der Waals surface area contributed by atoms with Gasteiger partial charge in [0.25, 0.3) is 20.0 Å². The van der Waals surface area contributed by atoms with Gasteiger partial charge in [0.05, 0.1) is 43.8 Å². The predicted octanol–water partition coefficient (Wildman–Crippen LogP) is 4.25. The second-order valence-electron chi connectivity index (χ2n) is 16.4. The minimum Gasteiger partial charge on any atom is -0.290 e. The molecule has 2 amide bonds. The Balaban J connectivity index is 1.52. The van der Waals surface area contributed by atoms with Crippen LogP contribution in [0.25, 0.3) is 0 Å². The zero-order valence-corrected chi connectivity index (χ0v) is 32.3. The molecule has 0 saturated carbocycles. The van der Waals surface area contributed by atoms with E-state index in [1.165, 1.54) is 24.3 Å². The molecule has 272 valence electrons. The molecule has 0 radical (unpaired) electrons. The molecule has 0 aromatic heterocycles. The van der Waals surface area contributed by atoms with E-state index in [-0.39, 0.29) is 21.5 Å². The molecule has 12 nitrogen and oxygen atoms in total. The van der Waals surface area contributed by atoms with E-state index < -0.39 is 65.9 Å². The van der Waals surface area contributed by atoms with E-state index in [4.69, 9.17) is 9.98 Å². The third-order valence-corrected chi connectivity index (χ3v) is 12.7. The van der Waals surface area contributed by atoms with Gasteiger partial charge in [-0.15, -0.1) is 0 Å². The SMILES string of the molecule is CC(C)(C)/N=C1/C(N2CCN(C3/C(=N/C(C)(C)C)N(S(=O)(=O)c4ccccc4)C(=O)C3(C)C)CC2)C(C)(C)C(=O)N1S(=O)(=O)c1ccccc1. The van der Waals surface area contributed by atoms with Crippen LogP contribution in [-0.2, 0) is 29.6 Å². The number of carbonyl (C=O) groups excluding carboxylic acids is 2. The van der Waals surface area contributed by atoms with E-state index in [0.29, 0.717) is 26.2 Å². The zero-order valence-electron chi connectivity index (χ0n) is 30.7. The van der Waals surface area contributed by atoms with Crippen molar-refractivity contribution in [3.63, 3.8) is 0 Å². The average Bonchev–Trinajstić information content (AvgIpc) is 3.32. The lowest BCUT2D eigenvalue weighted by Gasteiger charge is -2.45. The van der Waals surface area contributed by atoms with Crippen molar-refractivity contribution in [1.29, 1.82) is 0 Å². The summed E-state index contributed by atoms with van der Waals surface area (Å²) in [5, 5.41) is 0. The van der Waals surface area contributed by atoms with Crippen LogP contribution in [0.4, 0.5) is 0 Å². The Morgan fingerprint density at radius 1 is 0.560 bits per heavy atom. The molecule has 3 aliphatic heterocycles. The van der Waals surface area contributed by atoms with Crippen molar-refractivity contribution in [3.05, 3.63) is 60.7 Å². The predicted molar refractivity (Wildman–Crippen MR) is 194 cm³/mol. The molecule has 0 bridgehead atoms. The highest BCUT2D eigenvalue weighted by Gasteiger charge is 2.61. The highest BCUT2D eigenvalue weighted by atomic mass is 32.2. The maximum atomic E-state index is 14.1. The second kappa shape index (κ2) is 12.6. The van der Waals surface area contributed by atoms with E-state index in [9.17, 15) is 26.4 Å². The van der Waals surface area contributed by atoms with Crippen molar-refractivity contribution in [2.24, 2.45) is 20.8 Å². The Labute approximate surface area is 297 Å². The van der Waals surface area contributed by atoms with Gasteiger partial charge in [-0.25, -0.2) is 16.8 Å². The molecule has 0 N–H and O–H groups in total. The number of amidine groups is 2. The number of carbonyl (C=O) groups is 2. The summed E-state index contributed by atoms with van der Waals surface area (Å²) in [5.74, 6) is -0.756. The summed E-state index contributed by atoms with van der Waals surface area (Å²) < 4.78 is 58.0. The van der Waals surface area contributed by atoms with Gasteiger partial charge in [-0.3, -0.25) is 29.4 Å². The number of hydrogen-bond acceptors (Lipinski definition) is 10. The van der Waals surface area contributed by atoms with Gasteiger partial charge in [0.1, 0.15) is 11.7 Å². The average molecular weight is 727 g/mol. The van der Waals surface area contributed by atoms with Crippen LogP contribution in [0, 0.1) is 10.8 Å². The molecule has 0 aliphatic carbocycles. The summed E-state index contributed by atoms with van der Waals surface area (Å²) in [6.07, 6.45) is 0. The molecule has 14 heteroatoms. The first-order valence-corrected chi connectivity index (χ1v) is 19.8. The minimum absolute atomic E-state index is 0.00466. The number of hydrogen-bond donors (Lipinski definition) is 0. The van der Waals surface area contributed by atoms with Crippen molar-refractivity contribution in [2.75, 3.05) is 26.2 Å². The van der Waals surface area contributed by atoms with Gasteiger partial charge >= 0.3 is 0 Å². The maximum Gasteiger partial charge on any atom is 0.271 e. The van der Waals surface area contributed by atoms with Crippen molar-refractivity contribution in [3.8, 4) is 0 Å². The van der Waals surface area contributed by atoms with E-state index in [0.717, 1.165) is 8.61 Å². The van der Waals surface area contributed by atoms with Gasteiger partial charge in [0.15, 0.2) is 0 Å². The number of sulfonamides is 2. The molecule has 0 spiro atoms. The molecular weight excluding hydrogens is 677 g/mol. The van der Waals surface area contributed by atoms with Crippen LogP contribution >= 0.6 is 0 Å². The fraction of sp³-hybridized carbons (Fsp3) is 0.556. The molecule has 3 fully saturated rings. The monoisotopic (exact) mass is 726 g/mol. The fourth-order valence-corrected chi connectivity index (χ4v) is 10.2. The molecule has 2 atom stereocenters. The molecule has 3 heterocycles. The standard InChI is InChI=1S/C36H50N6O6S2/c1-33(2,3)37-29-27(35(7,8)31(43)41(29)49(45,46)25-17-13-11-14-18-25)39-21-23-40(24-22-39)28-30(38-34(4,5)6)42(32(44)36(28,9)10)50(47,48)26-19-15-12-16-20-26/h11-20,27-28H,21-24H2,1-10H3/b37-29-,38-30-. The Morgan fingerprint density at radius 2 is 0.840 bits per heavy atom. The molecule has 50 heavy (non-hydrogen) atoms. The lowest BCUT2D eigenvalue weighted by atomic mass is 9.83.